The Morgan fingerprint density at radius 1 is 1.09 bits per heavy atom. The normalized spacial score (nSPS) is 12.6. The Hall–Kier alpha value is -3.14. The van der Waals surface area contributed by atoms with Gasteiger partial charge in [0.2, 0.25) is 0 Å². The summed E-state index contributed by atoms with van der Waals surface area (Å²) in [4.78, 5) is 12.4. The van der Waals surface area contributed by atoms with Gasteiger partial charge in [-0.05, 0) is 99.0 Å². The summed E-state index contributed by atoms with van der Waals surface area (Å²) >= 11 is 0. The Kier molecular flexibility index (Phi) is 8.14. The molecule has 4 nitrogen and oxygen atoms in total. The number of aryl methyl sites for hydroxylation is 4. The van der Waals surface area contributed by atoms with Crippen LogP contribution in [0.3, 0.4) is 0 Å². The van der Waals surface area contributed by atoms with Crippen LogP contribution in [0.25, 0.3) is 16.7 Å². The molecule has 0 saturated carbocycles. The smallest absolute Gasteiger partial charge is 0.136 e. The molecule has 1 aromatic heterocycles. The Balaban J connectivity index is 1.92. The number of carbonyl (C=O) groups is 1. The van der Waals surface area contributed by atoms with E-state index in [4.69, 9.17) is 4.74 Å². The fraction of sp³-hybridized carbons (Fsp3) is 0.400. The van der Waals surface area contributed by atoms with E-state index in [9.17, 15) is 4.79 Å². The first-order valence-corrected chi connectivity index (χ1v) is 12.2. The number of nitrogens with zero attached hydrogens (tertiary/aromatic N) is 1. The zero-order chi connectivity index (χ0) is 25.0. The molecule has 0 aliphatic heterocycles. The van der Waals surface area contributed by atoms with E-state index >= 15 is 0 Å². The molecular weight excluding hydrogens is 420 g/mol. The molecule has 0 bridgehead atoms. The maximum atomic E-state index is 12.4. The minimum atomic E-state index is -0.186. The highest BCUT2D eigenvalue weighted by atomic mass is 16.5. The number of H-pyrrole nitrogens is 1. The number of rotatable bonds is 9. The number of Topliss-reactive ketones (excluding diaryl/α,β-unsaturated/α-hetero) is 1. The van der Waals surface area contributed by atoms with E-state index in [0.717, 1.165) is 41.1 Å². The molecule has 0 saturated heterocycles. The molecule has 0 amide bonds. The zero-order valence-corrected chi connectivity index (χ0v) is 21.9. The number of ether oxygens (including phenoxy) is 1. The Bertz CT molecular complexity index is 1190. The minimum Gasteiger partial charge on any atom is -0.493 e. The Morgan fingerprint density at radius 2 is 1.76 bits per heavy atom. The van der Waals surface area contributed by atoms with Gasteiger partial charge in [0.1, 0.15) is 11.5 Å². The van der Waals surface area contributed by atoms with Crippen molar-refractivity contribution in [3.05, 3.63) is 75.6 Å². The first kappa shape index (κ1) is 25.5. The van der Waals surface area contributed by atoms with E-state index in [0.29, 0.717) is 6.61 Å². The van der Waals surface area contributed by atoms with E-state index < -0.39 is 0 Å². The number of benzene rings is 2. The molecule has 3 aromatic rings. The Labute approximate surface area is 204 Å². The van der Waals surface area contributed by atoms with Gasteiger partial charge in [-0.1, -0.05) is 38.1 Å². The van der Waals surface area contributed by atoms with Gasteiger partial charge in [-0.25, -0.2) is 0 Å². The number of carbonyl (C=O) groups excluding carboxylic acids is 1. The molecule has 1 atom stereocenters. The highest BCUT2D eigenvalue weighted by Crippen LogP contribution is 2.35. The topological polar surface area (TPSA) is 55.0 Å². The molecule has 1 heterocycles. The van der Waals surface area contributed by atoms with Gasteiger partial charge in [0.25, 0.3) is 0 Å². The molecule has 0 aliphatic carbocycles. The number of ketones is 1. The molecule has 180 valence electrons. The second-order valence-corrected chi connectivity index (χ2v) is 9.31. The summed E-state index contributed by atoms with van der Waals surface area (Å²) in [5.74, 6) is 0.875. The van der Waals surface area contributed by atoms with Gasteiger partial charge in [-0.3, -0.25) is 9.89 Å². The molecule has 0 aliphatic rings. The average Bonchev–Trinajstić information content (AvgIpc) is 3.17. The van der Waals surface area contributed by atoms with Crippen LogP contribution < -0.4 is 4.74 Å². The van der Waals surface area contributed by atoms with Crippen molar-refractivity contribution in [2.75, 3.05) is 6.61 Å². The van der Waals surface area contributed by atoms with Gasteiger partial charge in [-0.15, -0.1) is 0 Å². The molecule has 0 fully saturated rings. The van der Waals surface area contributed by atoms with E-state index in [1.54, 1.807) is 6.92 Å². The van der Waals surface area contributed by atoms with E-state index in [-0.39, 0.29) is 11.7 Å². The summed E-state index contributed by atoms with van der Waals surface area (Å²) in [6, 6.07) is 10.5. The van der Waals surface area contributed by atoms with E-state index in [2.05, 4.69) is 88.1 Å². The summed E-state index contributed by atoms with van der Waals surface area (Å²) in [7, 11) is 0. The van der Waals surface area contributed by atoms with Gasteiger partial charge < -0.3 is 4.74 Å². The summed E-state index contributed by atoms with van der Waals surface area (Å²) in [6.45, 7) is 16.9. The standard InChI is InChI=1S/C30H38N2O2/c1-9-29-30(23(7)31-32-29)28-13-10-12-27(22(28)6)26(21(5)24(8)33)14-11-15-34-25-16-18(2)20(4)19(3)17-25/h10,12-14,16-17,21H,9,11,15H2,1-8H3,(H,31,32)/b26-14+. The lowest BCUT2D eigenvalue weighted by Gasteiger charge is -2.19. The number of hydrogen-bond acceptors (Lipinski definition) is 3. The van der Waals surface area contributed by atoms with E-state index in [1.807, 2.05) is 6.92 Å². The number of allylic oxidation sites excluding steroid dienone is 1. The monoisotopic (exact) mass is 458 g/mol. The summed E-state index contributed by atoms with van der Waals surface area (Å²) < 4.78 is 6.07. The maximum Gasteiger partial charge on any atom is 0.136 e. The molecule has 2 aromatic carbocycles. The van der Waals surface area contributed by atoms with Crippen LogP contribution in [0.15, 0.2) is 36.4 Å². The van der Waals surface area contributed by atoms with Crippen molar-refractivity contribution in [2.45, 2.75) is 68.2 Å². The van der Waals surface area contributed by atoms with Gasteiger partial charge in [-0.2, -0.15) is 5.10 Å². The third kappa shape index (κ3) is 5.32. The quantitative estimate of drug-likeness (QED) is 0.343. The van der Waals surface area contributed by atoms with Crippen LogP contribution in [-0.4, -0.2) is 22.6 Å². The molecule has 4 heteroatoms. The molecule has 1 unspecified atom stereocenters. The zero-order valence-electron chi connectivity index (χ0n) is 21.9. The van der Waals surface area contributed by atoms with Crippen LogP contribution in [0.2, 0.25) is 0 Å². The highest BCUT2D eigenvalue weighted by molar-refractivity contribution is 5.93. The van der Waals surface area contributed by atoms with Crippen LogP contribution in [0, 0.1) is 40.5 Å². The third-order valence-electron chi connectivity index (χ3n) is 7.00. The molecule has 3 rings (SSSR count). The molecule has 0 spiro atoms. The van der Waals surface area contributed by atoms with Gasteiger partial charge in [0.15, 0.2) is 0 Å². The fourth-order valence-corrected chi connectivity index (χ4v) is 4.52. The van der Waals surface area contributed by atoms with Crippen LogP contribution in [0.1, 0.15) is 66.4 Å². The summed E-state index contributed by atoms with van der Waals surface area (Å²) in [5.41, 5.74) is 11.6. The predicted octanol–water partition coefficient (Wildman–Crippen LogP) is 7.26. The van der Waals surface area contributed by atoms with E-state index in [1.165, 1.54) is 33.4 Å². The van der Waals surface area contributed by atoms with Gasteiger partial charge in [0.05, 0.1) is 12.3 Å². The predicted molar refractivity (Wildman–Crippen MR) is 141 cm³/mol. The molecule has 34 heavy (non-hydrogen) atoms. The van der Waals surface area contributed by atoms with Crippen molar-refractivity contribution in [3.63, 3.8) is 0 Å². The lowest BCUT2D eigenvalue weighted by Crippen LogP contribution is -2.11. The summed E-state index contributed by atoms with van der Waals surface area (Å²) in [5, 5.41) is 7.62. The first-order valence-electron chi connectivity index (χ1n) is 12.2. The summed E-state index contributed by atoms with van der Waals surface area (Å²) in [6.07, 6.45) is 3.77. The SMILES string of the molecule is CCc1n[nH]c(C)c1-c1cccc(/C(=C/CCOc2cc(C)c(C)c(C)c2)C(C)C(C)=O)c1C. The fourth-order valence-electron chi connectivity index (χ4n) is 4.52. The third-order valence-corrected chi connectivity index (χ3v) is 7.00. The number of aromatic nitrogens is 2. The van der Waals surface area contributed by atoms with Crippen LogP contribution in [-0.2, 0) is 11.2 Å². The van der Waals surface area contributed by atoms with Crippen molar-refractivity contribution in [1.82, 2.24) is 10.2 Å². The average molecular weight is 459 g/mol. The first-order chi connectivity index (χ1) is 16.1. The second kappa shape index (κ2) is 10.9. The number of aromatic amines is 1. The van der Waals surface area contributed by atoms with Gasteiger partial charge in [0, 0.05) is 23.6 Å². The van der Waals surface area contributed by atoms with Crippen LogP contribution >= 0.6 is 0 Å². The van der Waals surface area contributed by atoms with Crippen molar-refractivity contribution < 1.29 is 9.53 Å². The maximum absolute atomic E-state index is 12.4. The lowest BCUT2D eigenvalue weighted by atomic mass is 9.85. The van der Waals surface area contributed by atoms with Crippen molar-refractivity contribution in [3.8, 4) is 16.9 Å². The molecular formula is C30H38N2O2. The highest BCUT2D eigenvalue weighted by Gasteiger charge is 2.20. The molecule has 0 radical (unpaired) electrons. The second-order valence-electron chi connectivity index (χ2n) is 9.31. The number of hydrogen-bond donors (Lipinski definition) is 1. The van der Waals surface area contributed by atoms with Crippen molar-refractivity contribution in [2.24, 2.45) is 5.92 Å². The number of nitrogens with one attached hydrogen (secondary N) is 1. The molecule has 1 N–H and O–H groups in total. The Morgan fingerprint density at radius 3 is 2.38 bits per heavy atom. The van der Waals surface area contributed by atoms with Gasteiger partial charge >= 0.3 is 0 Å². The minimum absolute atomic E-state index is 0.162. The van der Waals surface area contributed by atoms with Crippen LogP contribution in [0.5, 0.6) is 5.75 Å². The largest absolute Gasteiger partial charge is 0.493 e. The van der Waals surface area contributed by atoms with Crippen molar-refractivity contribution >= 4 is 11.4 Å². The van der Waals surface area contributed by atoms with Crippen molar-refractivity contribution in [1.29, 1.82) is 0 Å². The van der Waals surface area contributed by atoms with Crippen LogP contribution in [0.4, 0.5) is 0 Å². The lowest BCUT2D eigenvalue weighted by molar-refractivity contribution is -0.118.